The molecule has 0 fully saturated rings. The second-order valence-electron chi connectivity index (χ2n) is 7.28. The van der Waals surface area contributed by atoms with E-state index in [2.05, 4.69) is 22.4 Å². The fraction of sp³-hybridized carbons (Fsp3) is 0.292. The number of benzene rings is 2. The molecule has 1 aromatic heterocycles. The van der Waals surface area contributed by atoms with Crippen molar-refractivity contribution in [3.63, 3.8) is 0 Å². The third-order valence-electron chi connectivity index (χ3n) is 4.75. The molecule has 2 atom stereocenters. The summed E-state index contributed by atoms with van der Waals surface area (Å²) in [5.74, 6) is -0.818. The van der Waals surface area contributed by atoms with Crippen molar-refractivity contribution in [2.45, 2.75) is 45.8 Å². The van der Waals surface area contributed by atoms with Crippen molar-refractivity contribution in [2.24, 2.45) is 0 Å². The number of ether oxygens (including phenoxy) is 1. The number of carbonyl (C=O) groups excluding carboxylic acids is 2. The molecule has 3 rings (SSSR count). The first-order valence-corrected chi connectivity index (χ1v) is 10.8. The highest BCUT2D eigenvalue weighted by Crippen LogP contribution is 2.28. The van der Waals surface area contributed by atoms with Crippen molar-refractivity contribution < 1.29 is 14.3 Å². The van der Waals surface area contributed by atoms with Gasteiger partial charge < -0.3 is 10.1 Å². The monoisotopic (exact) mass is 422 g/mol. The van der Waals surface area contributed by atoms with Gasteiger partial charge in [-0.25, -0.2) is 9.78 Å². The van der Waals surface area contributed by atoms with Gasteiger partial charge in [-0.3, -0.25) is 4.79 Å². The highest BCUT2D eigenvalue weighted by Gasteiger charge is 2.23. The quantitative estimate of drug-likeness (QED) is 0.530. The number of thiazole rings is 1. The molecule has 3 aromatic rings. The normalized spacial score (nSPS) is 12.8. The lowest BCUT2D eigenvalue weighted by molar-refractivity contribution is -0.129. The predicted octanol–water partition coefficient (Wildman–Crippen LogP) is 4.80. The van der Waals surface area contributed by atoms with E-state index in [1.165, 1.54) is 16.9 Å². The molecular formula is C24H26N2O3S. The van der Waals surface area contributed by atoms with E-state index in [0.717, 1.165) is 23.4 Å². The molecule has 30 heavy (non-hydrogen) atoms. The Morgan fingerprint density at radius 1 is 1.03 bits per heavy atom. The van der Waals surface area contributed by atoms with Crippen LogP contribution in [0.2, 0.25) is 0 Å². The number of hydrogen-bond acceptors (Lipinski definition) is 5. The number of esters is 1. The molecule has 0 radical (unpaired) electrons. The maximum Gasteiger partial charge on any atom is 0.351 e. The predicted molar refractivity (Wildman–Crippen MR) is 120 cm³/mol. The fourth-order valence-electron chi connectivity index (χ4n) is 3.02. The van der Waals surface area contributed by atoms with Gasteiger partial charge in [-0.15, -0.1) is 11.3 Å². The minimum atomic E-state index is -0.877. The molecule has 0 unspecified atom stereocenters. The van der Waals surface area contributed by atoms with Gasteiger partial charge >= 0.3 is 5.97 Å². The highest BCUT2D eigenvalue weighted by atomic mass is 32.1. The van der Waals surface area contributed by atoms with Crippen LogP contribution >= 0.6 is 11.3 Å². The molecule has 6 heteroatoms. The first-order chi connectivity index (χ1) is 14.4. The lowest BCUT2D eigenvalue weighted by Gasteiger charge is -2.18. The smallest absolute Gasteiger partial charge is 0.351 e. The van der Waals surface area contributed by atoms with Crippen LogP contribution in [0.15, 0.2) is 60.7 Å². The number of hydrogen-bond donors (Lipinski definition) is 1. The molecule has 1 N–H and O–H groups in total. The van der Waals surface area contributed by atoms with E-state index in [1.54, 1.807) is 13.8 Å². The fourth-order valence-corrected chi connectivity index (χ4v) is 3.97. The van der Waals surface area contributed by atoms with Gasteiger partial charge in [-0.1, -0.05) is 60.7 Å². The Morgan fingerprint density at radius 3 is 2.33 bits per heavy atom. The van der Waals surface area contributed by atoms with Crippen LogP contribution in [0.1, 0.15) is 41.2 Å². The van der Waals surface area contributed by atoms with Gasteiger partial charge in [0.25, 0.3) is 5.91 Å². The van der Waals surface area contributed by atoms with Gasteiger partial charge in [-0.2, -0.15) is 0 Å². The lowest BCUT2D eigenvalue weighted by Crippen LogP contribution is -2.41. The zero-order valence-electron chi connectivity index (χ0n) is 17.4. The van der Waals surface area contributed by atoms with E-state index >= 15 is 0 Å². The van der Waals surface area contributed by atoms with Gasteiger partial charge in [0.2, 0.25) is 0 Å². The van der Waals surface area contributed by atoms with Gasteiger partial charge in [0.15, 0.2) is 6.10 Å². The largest absolute Gasteiger partial charge is 0.448 e. The maximum absolute atomic E-state index is 12.6. The third kappa shape index (κ3) is 5.76. The van der Waals surface area contributed by atoms with E-state index in [9.17, 15) is 9.59 Å². The SMILES string of the molecule is Cc1nc(-c2ccccc2)sc1C(=O)O[C@H](C)C(=O)N[C@@H](C)CCc1ccccc1. The summed E-state index contributed by atoms with van der Waals surface area (Å²) in [6.45, 7) is 5.32. The summed E-state index contributed by atoms with van der Waals surface area (Å²) in [4.78, 5) is 29.9. The first kappa shape index (κ1) is 21.7. The molecule has 156 valence electrons. The van der Waals surface area contributed by atoms with E-state index in [1.807, 2.05) is 55.5 Å². The number of amides is 1. The zero-order valence-corrected chi connectivity index (χ0v) is 18.2. The first-order valence-electron chi connectivity index (χ1n) is 10.0. The molecule has 0 aliphatic carbocycles. The van der Waals surface area contributed by atoms with Gasteiger partial charge in [0.05, 0.1) is 5.69 Å². The number of rotatable bonds is 8. The Morgan fingerprint density at radius 2 is 1.67 bits per heavy atom. The van der Waals surface area contributed by atoms with E-state index in [-0.39, 0.29) is 11.9 Å². The van der Waals surface area contributed by atoms with Crippen LogP contribution in [-0.4, -0.2) is 29.0 Å². The van der Waals surface area contributed by atoms with E-state index in [0.29, 0.717) is 10.6 Å². The number of carbonyl (C=O) groups is 2. The van der Waals surface area contributed by atoms with Crippen LogP contribution in [0.3, 0.4) is 0 Å². The number of aryl methyl sites for hydroxylation is 2. The Bertz CT molecular complexity index is 986. The molecule has 0 spiro atoms. The van der Waals surface area contributed by atoms with E-state index in [4.69, 9.17) is 4.74 Å². The molecular weight excluding hydrogens is 396 g/mol. The van der Waals surface area contributed by atoms with Crippen molar-refractivity contribution in [1.82, 2.24) is 10.3 Å². The van der Waals surface area contributed by atoms with Crippen LogP contribution < -0.4 is 5.32 Å². The van der Waals surface area contributed by atoms with Crippen molar-refractivity contribution in [1.29, 1.82) is 0 Å². The van der Waals surface area contributed by atoms with E-state index < -0.39 is 12.1 Å². The molecule has 0 saturated heterocycles. The minimum Gasteiger partial charge on any atom is -0.448 e. The summed E-state index contributed by atoms with van der Waals surface area (Å²) >= 11 is 1.28. The van der Waals surface area contributed by atoms with Crippen molar-refractivity contribution in [2.75, 3.05) is 0 Å². The van der Waals surface area contributed by atoms with Crippen LogP contribution in [0.4, 0.5) is 0 Å². The molecule has 5 nitrogen and oxygen atoms in total. The molecule has 0 saturated carbocycles. The van der Waals surface area contributed by atoms with Crippen molar-refractivity contribution in [3.8, 4) is 10.6 Å². The number of nitrogens with one attached hydrogen (secondary N) is 1. The second-order valence-corrected chi connectivity index (χ2v) is 8.28. The number of aromatic nitrogens is 1. The summed E-state index contributed by atoms with van der Waals surface area (Å²) in [5.41, 5.74) is 2.78. The van der Waals surface area contributed by atoms with Crippen molar-refractivity contribution >= 4 is 23.2 Å². The summed E-state index contributed by atoms with van der Waals surface area (Å²) < 4.78 is 5.41. The molecule has 0 bridgehead atoms. The standard InChI is InChI=1S/C24H26N2O3S/c1-16(14-15-19-10-6-4-7-11-19)25-22(27)18(3)29-24(28)21-17(2)26-23(30-21)20-12-8-5-9-13-20/h4-13,16,18H,14-15H2,1-3H3,(H,25,27)/t16-,18+/m0/s1. The molecule has 0 aliphatic heterocycles. The average Bonchev–Trinajstić information content (AvgIpc) is 3.15. The average molecular weight is 423 g/mol. The van der Waals surface area contributed by atoms with Crippen molar-refractivity contribution in [3.05, 3.63) is 76.8 Å². The van der Waals surface area contributed by atoms with Gasteiger partial charge in [-0.05, 0) is 39.2 Å². The molecule has 2 aromatic carbocycles. The van der Waals surface area contributed by atoms with Crippen LogP contribution in [-0.2, 0) is 16.0 Å². The van der Waals surface area contributed by atoms with Gasteiger partial charge in [0.1, 0.15) is 9.88 Å². The summed E-state index contributed by atoms with van der Waals surface area (Å²) in [7, 11) is 0. The van der Waals surface area contributed by atoms with Crippen LogP contribution in [0, 0.1) is 6.92 Å². The maximum atomic E-state index is 12.6. The Balaban J connectivity index is 1.53. The second kappa shape index (κ2) is 10.2. The lowest BCUT2D eigenvalue weighted by atomic mass is 10.1. The highest BCUT2D eigenvalue weighted by molar-refractivity contribution is 7.17. The topological polar surface area (TPSA) is 68.3 Å². The summed E-state index contributed by atoms with van der Waals surface area (Å²) in [6, 6.07) is 19.8. The molecule has 1 amide bonds. The summed E-state index contributed by atoms with van der Waals surface area (Å²) in [5, 5.41) is 3.68. The minimum absolute atomic E-state index is 0.0197. The Labute approximate surface area is 181 Å². The summed E-state index contributed by atoms with van der Waals surface area (Å²) in [6.07, 6.45) is 0.808. The van der Waals surface area contributed by atoms with Crippen LogP contribution in [0.25, 0.3) is 10.6 Å². The molecule has 1 heterocycles. The molecule has 0 aliphatic rings. The Kier molecular flexibility index (Phi) is 7.36. The zero-order chi connectivity index (χ0) is 21.5. The Hall–Kier alpha value is -2.99. The van der Waals surface area contributed by atoms with Gasteiger partial charge in [0, 0.05) is 11.6 Å². The number of nitrogens with zero attached hydrogens (tertiary/aromatic N) is 1. The third-order valence-corrected chi connectivity index (χ3v) is 5.94. The van der Waals surface area contributed by atoms with Crippen LogP contribution in [0.5, 0.6) is 0 Å².